The molecule has 0 fully saturated rings. The molecule has 0 aliphatic carbocycles. The normalized spacial score (nSPS) is 12.8. The van der Waals surface area contributed by atoms with Gasteiger partial charge in [0.25, 0.3) is 0 Å². The number of rotatable bonds is 5. The fraction of sp³-hybridized carbons (Fsp3) is 0.455. The highest BCUT2D eigenvalue weighted by molar-refractivity contribution is 6.48. The van der Waals surface area contributed by atoms with Crippen molar-refractivity contribution in [2.45, 2.75) is 12.8 Å². The lowest BCUT2D eigenvalue weighted by molar-refractivity contribution is 0.223. The fourth-order valence-corrected chi connectivity index (χ4v) is 2.51. The van der Waals surface area contributed by atoms with Crippen molar-refractivity contribution in [1.29, 1.82) is 0 Å². The minimum Gasteiger partial charge on any atom is -0.396 e. The van der Waals surface area contributed by atoms with Crippen molar-refractivity contribution < 1.29 is 5.11 Å². The number of aliphatic hydroxyl groups excluding tert-OH is 1. The van der Waals surface area contributed by atoms with E-state index >= 15 is 0 Å². The minimum absolute atomic E-state index is 0.0277. The number of halogens is 4. The summed E-state index contributed by atoms with van der Waals surface area (Å²) in [6.07, 6.45) is 1.27. The lowest BCUT2D eigenvalue weighted by Crippen LogP contribution is -2.18. The van der Waals surface area contributed by atoms with Crippen LogP contribution >= 0.6 is 46.4 Å². The van der Waals surface area contributed by atoms with Gasteiger partial charge >= 0.3 is 0 Å². The molecular weight excluding hydrogens is 304 g/mol. The average molecular weight is 317 g/mol. The number of aliphatic hydroxyl groups is 1. The first-order valence-electron chi connectivity index (χ1n) is 5.14. The second kappa shape index (κ2) is 7.03. The van der Waals surface area contributed by atoms with Crippen molar-refractivity contribution in [3.05, 3.63) is 31.7 Å². The minimum atomic E-state index is 0.0277. The molecule has 1 unspecified atom stereocenters. The summed E-state index contributed by atoms with van der Waals surface area (Å²) in [5.74, 6) is 0.0277. The Morgan fingerprint density at radius 3 is 2.06 bits per heavy atom. The van der Waals surface area contributed by atoms with Gasteiger partial charge in [0, 0.05) is 6.61 Å². The first-order chi connectivity index (χ1) is 8.01. The summed E-state index contributed by atoms with van der Waals surface area (Å²) in [5.41, 5.74) is 6.21. The topological polar surface area (TPSA) is 46.2 Å². The third kappa shape index (κ3) is 3.88. The zero-order valence-corrected chi connectivity index (χ0v) is 12.0. The standard InChI is InChI=1S/C11H13Cl4NO/c12-8-3-9(13)11(15)7(10(8)14)2-1-6(4-16)5-17/h3,6,17H,1-2,4-5,16H2. The molecule has 96 valence electrons. The summed E-state index contributed by atoms with van der Waals surface area (Å²) in [5, 5.41) is 10.6. The molecule has 1 rings (SSSR count). The van der Waals surface area contributed by atoms with Gasteiger partial charge in [0.05, 0.1) is 20.1 Å². The highest BCUT2D eigenvalue weighted by Crippen LogP contribution is 2.38. The zero-order valence-electron chi connectivity index (χ0n) is 9.02. The molecule has 3 N–H and O–H groups in total. The van der Waals surface area contributed by atoms with E-state index in [1.807, 2.05) is 0 Å². The summed E-state index contributed by atoms with van der Waals surface area (Å²) in [6.45, 7) is 0.458. The predicted molar refractivity (Wildman–Crippen MR) is 74.4 cm³/mol. The summed E-state index contributed by atoms with van der Waals surface area (Å²) in [6, 6.07) is 1.52. The second-order valence-electron chi connectivity index (χ2n) is 3.77. The van der Waals surface area contributed by atoms with Crippen LogP contribution in [0.4, 0.5) is 0 Å². The van der Waals surface area contributed by atoms with Crippen LogP contribution < -0.4 is 5.73 Å². The quantitative estimate of drug-likeness (QED) is 0.812. The van der Waals surface area contributed by atoms with Crippen LogP contribution in [0.3, 0.4) is 0 Å². The van der Waals surface area contributed by atoms with Gasteiger partial charge < -0.3 is 10.8 Å². The zero-order chi connectivity index (χ0) is 13.0. The molecule has 0 radical (unpaired) electrons. The van der Waals surface area contributed by atoms with E-state index in [4.69, 9.17) is 57.2 Å². The van der Waals surface area contributed by atoms with Gasteiger partial charge in [-0.1, -0.05) is 46.4 Å². The van der Waals surface area contributed by atoms with E-state index in [1.165, 1.54) is 6.07 Å². The summed E-state index contributed by atoms with van der Waals surface area (Å²) in [7, 11) is 0. The van der Waals surface area contributed by atoms with Crippen LogP contribution in [0, 0.1) is 5.92 Å². The highest BCUT2D eigenvalue weighted by atomic mass is 35.5. The van der Waals surface area contributed by atoms with E-state index in [9.17, 15) is 0 Å². The van der Waals surface area contributed by atoms with Crippen molar-refractivity contribution in [2.75, 3.05) is 13.2 Å². The maximum atomic E-state index is 9.05. The predicted octanol–water partition coefficient (Wildman–Crippen LogP) is 3.80. The number of hydrogen-bond acceptors (Lipinski definition) is 2. The van der Waals surface area contributed by atoms with Crippen molar-refractivity contribution in [3.63, 3.8) is 0 Å². The summed E-state index contributed by atoms with van der Waals surface area (Å²) >= 11 is 24.0. The van der Waals surface area contributed by atoms with E-state index in [0.717, 1.165) is 0 Å². The maximum Gasteiger partial charge on any atom is 0.0640 e. The molecular formula is C11H13Cl4NO. The Labute approximate surface area is 121 Å². The van der Waals surface area contributed by atoms with E-state index in [-0.39, 0.29) is 12.5 Å². The Morgan fingerprint density at radius 2 is 1.65 bits per heavy atom. The van der Waals surface area contributed by atoms with Gasteiger partial charge in [-0.3, -0.25) is 0 Å². The van der Waals surface area contributed by atoms with Gasteiger partial charge in [-0.2, -0.15) is 0 Å². The molecule has 0 amide bonds. The van der Waals surface area contributed by atoms with Crippen molar-refractivity contribution in [1.82, 2.24) is 0 Å². The average Bonchev–Trinajstić information content (AvgIpc) is 2.31. The molecule has 0 bridgehead atoms. The van der Waals surface area contributed by atoms with Gasteiger partial charge in [-0.15, -0.1) is 0 Å². The van der Waals surface area contributed by atoms with Gasteiger partial charge in [-0.25, -0.2) is 0 Å². The Bertz CT molecular complexity index is 367. The van der Waals surface area contributed by atoms with Crippen molar-refractivity contribution >= 4 is 46.4 Å². The van der Waals surface area contributed by atoms with Crippen LogP contribution in [0.5, 0.6) is 0 Å². The monoisotopic (exact) mass is 315 g/mol. The SMILES string of the molecule is NCC(CO)CCc1c(Cl)c(Cl)cc(Cl)c1Cl. The van der Waals surface area contributed by atoms with Crippen LogP contribution in [0.15, 0.2) is 6.07 Å². The van der Waals surface area contributed by atoms with Gasteiger partial charge in [-0.05, 0) is 36.9 Å². The van der Waals surface area contributed by atoms with Crippen molar-refractivity contribution in [3.8, 4) is 0 Å². The molecule has 0 aliphatic rings. The number of hydrogen-bond donors (Lipinski definition) is 2. The molecule has 0 heterocycles. The molecule has 1 aromatic rings. The highest BCUT2D eigenvalue weighted by Gasteiger charge is 2.15. The van der Waals surface area contributed by atoms with E-state index < -0.39 is 0 Å². The number of nitrogens with two attached hydrogens (primary N) is 1. The van der Waals surface area contributed by atoms with Crippen LogP contribution in [0.2, 0.25) is 20.1 Å². The van der Waals surface area contributed by atoms with Crippen molar-refractivity contribution in [2.24, 2.45) is 11.7 Å². The molecule has 0 saturated carbocycles. The third-order valence-electron chi connectivity index (χ3n) is 2.60. The van der Waals surface area contributed by atoms with Gasteiger partial charge in [0.1, 0.15) is 0 Å². The van der Waals surface area contributed by atoms with E-state index in [1.54, 1.807) is 0 Å². The lowest BCUT2D eigenvalue weighted by Gasteiger charge is -2.14. The van der Waals surface area contributed by atoms with E-state index in [0.29, 0.717) is 45.0 Å². The van der Waals surface area contributed by atoms with Crippen LogP contribution in [0.25, 0.3) is 0 Å². The molecule has 6 heteroatoms. The molecule has 0 aliphatic heterocycles. The molecule has 0 spiro atoms. The molecule has 0 saturated heterocycles. The molecule has 17 heavy (non-hydrogen) atoms. The van der Waals surface area contributed by atoms with Gasteiger partial charge in [0.15, 0.2) is 0 Å². The number of benzene rings is 1. The Balaban J connectivity index is 2.90. The largest absolute Gasteiger partial charge is 0.396 e. The smallest absolute Gasteiger partial charge is 0.0640 e. The fourth-order valence-electron chi connectivity index (χ4n) is 1.47. The van der Waals surface area contributed by atoms with Crippen LogP contribution in [0.1, 0.15) is 12.0 Å². The molecule has 1 atom stereocenters. The third-order valence-corrected chi connectivity index (χ3v) is 4.25. The van der Waals surface area contributed by atoms with Crippen LogP contribution in [-0.4, -0.2) is 18.3 Å². The Morgan fingerprint density at radius 1 is 1.12 bits per heavy atom. The second-order valence-corrected chi connectivity index (χ2v) is 5.34. The molecule has 2 nitrogen and oxygen atoms in total. The van der Waals surface area contributed by atoms with Gasteiger partial charge in [0.2, 0.25) is 0 Å². The molecule has 1 aromatic carbocycles. The molecule has 0 aromatic heterocycles. The maximum absolute atomic E-state index is 9.05. The first-order valence-corrected chi connectivity index (χ1v) is 6.65. The Hall–Kier alpha value is 0.300. The first kappa shape index (κ1) is 15.4. The lowest BCUT2D eigenvalue weighted by atomic mass is 10.00. The van der Waals surface area contributed by atoms with Crippen LogP contribution in [-0.2, 0) is 6.42 Å². The van der Waals surface area contributed by atoms with E-state index in [2.05, 4.69) is 0 Å². The Kier molecular flexibility index (Phi) is 6.35. The summed E-state index contributed by atoms with van der Waals surface area (Å²) < 4.78 is 0. The summed E-state index contributed by atoms with van der Waals surface area (Å²) in [4.78, 5) is 0.